The molecule has 0 amide bonds. The van der Waals surface area contributed by atoms with Crippen molar-refractivity contribution < 1.29 is 43.2 Å². The van der Waals surface area contributed by atoms with Gasteiger partial charge in [-0.2, -0.15) is 41.2 Å². The summed E-state index contributed by atoms with van der Waals surface area (Å²) in [5.74, 6) is 1.10. The summed E-state index contributed by atoms with van der Waals surface area (Å²) in [6.07, 6.45) is -4.05. The van der Waals surface area contributed by atoms with Crippen LogP contribution in [0.2, 0.25) is 0 Å². The van der Waals surface area contributed by atoms with Crippen LogP contribution >= 0.6 is 45.0 Å². The van der Waals surface area contributed by atoms with Gasteiger partial charge in [0.05, 0.1) is 29.4 Å². The molecule has 0 bridgehead atoms. The molecule has 4 fully saturated rings. The van der Waals surface area contributed by atoms with E-state index in [1.165, 1.54) is 33.7 Å². The van der Waals surface area contributed by atoms with Gasteiger partial charge in [-0.25, -0.2) is 36.8 Å². The normalized spacial score (nSPS) is 17.3. The molecule has 6 aromatic heterocycles. The second-order valence-corrected chi connectivity index (χ2v) is 31.8. The Balaban J connectivity index is 0.000000191. The van der Waals surface area contributed by atoms with Crippen LogP contribution in [0.3, 0.4) is 0 Å². The van der Waals surface area contributed by atoms with Gasteiger partial charge in [-0.3, -0.25) is 19.6 Å². The molecular formula is C64H76Cl2F6N16O4S4. The molecular weight excluding hydrogens is 1370 g/mol. The van der Waals surface area contributed by atoms with Crippen LogP contribution in [0.5, 0.6) is 0 Å². The van der Waals surface area contributed by atoms with E-state index in [1.807, 2.05) is 12.1 Å². The first kappa shape index (κ1) is 72.5. The molecule has 10 heterocycles. The van der Waals surface area contributed by atoms with Crippen LogP contribution in [0, 0.1) is 36.5 Å². The Bertz CT molecular complexity index is 4350. The molecule has 516 valence electrons. The molecule has 12 rings (SSSR count). The number of aryl methyl sites for hydroxylation is 2. The van der Waals surface area contributed by atoms with E-state index in [-0.39, 0.29) is 33.5 Å². The Morgan fingerprint density at radius 1 is 0.615 bits per heavy atom. The SMILES string of the molecule is C=CS(=O)(=O)N1CCN(CCn2c(C#N)cc3c(C)c(CN4CCC(Nc5ncnc6sc(CC(F)(F)F)cc56)CC4)ccc32)CC1.Cc1c(CN2CCC(Nc3ncnc4sc(CC(F)(F)F)cc34)CC2)ccc2c1cc(C#N)n2CCN1CCNCC1.O=S(=O)(Cl)CCCl. The van der Waals surface area contributed by atoms with Gasteiger partial charge in [-0.1, -0.05) is 18.7 Å². The molecule has 0 unspecified atom stereocenters. The Labute approximate surface area is 571 Å². The van der Waals surface area contributed by atoms with Crippen molar-refractivity contribution in [3.05, 3.63) is 117 Å². The highest BCUT2D eigenvalue weighted by Crippen LogP contribution is 2.36. The van der Waals surface area contributed by atoms with Crippen LogP contribution in [0.25, 0.3) is 42.2 Å². The maximum Gasteiger partial charge on any atom is 0.393 e. The Morgan fingerprint density at radius 3 is 1.42 bits per heavy atom. The number of piperazine rings is 2. The number of anilines is 2. The number of thiophene rings is 2. The molecule has 4 aliphatic rings. The van der Waals surface area contributed by atoms with E-state index in [1.54, 1.807) is 12.1 Å². The van der Waals surface area contributed by atoms with Gasteiger partial charge in [0.25, 0.3) is 0 Å². The van der Waals surface area contributed by atoms with Gasteiger partial charge in [0.15, 0.2) is 0 Å². The van der Waals surface area contributed by atoms with Crippen LogP contribution < -0.4 is 16.0 Å². The summed E-state index contributed by atoms with van der Waals surface area (Å²) in [6.45, 7) is 22.1. The first-order chi connectivity index (χ1) is 45.8. The highest BCUT2D eigenvalue weighted by Gasteiger charge is 2.32. The van der Waals surface area contributed by atoms with Crippen molar-refractivity contribution in [1.82, 2.24) is 58.3 Å². The molecule has 32 heteroatoms. The number of sulfonamides is 1. The fourth-order valence-corrected chi connectivity index (χ4v) is 17.0. The maximum atomic E-state index is 12.9. The van der Waals surface area contributed by atoms with Crippen molar-refractivity contribution in [2.24, 2.45) is 0 Å². The lowest BCUT2D eigenvalue weighted by Crippen LogP contribution is -2.48. The van der Waals surface area contributed by atoms with Crippen molar-refractivity contribution >= 4 is 118 Å². The highest BCUT2D eigenvalue weighted by molar-refractivity contribution is 8.13. The summed E-state index contributed by atoms with van der Waals surface area (Å²) in [5.41, 5.74) is 8.30. The monoisotopic (exact) mass is 1440 g/mol. The van der Waals surface area contributed by atoms with Crippen LogP contribution in [0.15, 0.2) is 73.2 Å². The number of hydrogen-bond donors (Lipinski definition) is 3. The number of hydrogen-bond acceptors (Lipinski definition) is 19. The fraction of sp³-hybridized carbons (Fsp3) is 0.500. The fourth-order valence-electron chi connectivity index (χ4n) is 12.8. The quantitative estimate of drug-likeness (QED) is 0.0366. The average Bonchev–Trinajstić information content (AvgIpc) is 1.64. The van der Waals surface area contributed by atoms with E-state index in [0.29, 0.717) is 82.7 Å². The molecule has 96 heavy (non-hydrogen) atoms. The first-order valence-electron chi connectivity index (χ1n) is 31.7. The van der Waals surface area contributed by atoms with Gasteiger partial charge in [-0.15, -0.1) is 34.3 Å². The van der Waals surface area contributed by atoms with Gasteiger partial charge in [-0.05, 0) is 98.2 Å². The lowest BCUT2D eigenvalue weighted by atomic mass is 10.0. The molecule has 0 atom stereocenters. The smallest absolute Gasteiger partial charge is 0.367 e. The van der Waals surface area contributed by atoms with Gasteiger partial charge >= 0.3 is 12.4 Å². The lowest BCUT2D eigenvalue weighted by molar-refractivity contribution is -0.127. The molecule has 0 radical (unpaired) electrons. The summed E-state index contributed by atoms with van der Waals surface area (Å²) in [5, 5.41) is 34.6. The third-order valence-corrected chi connectivity index (χ3v) is 23.2. The number of likely N-dealkylation sites (tertiary alicyclic amines) is 2. The Hall–Kier alpha value is -6.26. The van der Waals surface area contributed by atoms with E-state index in [2.05, 4.69) is 121 Å². The van der Waals surface area contributed by atoms with Crippen molar-refractivity contribution in [2.45, 2.75) is 103 Å². The van der Waals surface area contributed by atoms with Crippen LogP contribution in [0.4, 0.5) is 38.0 Å². The molecule has 2 aromatic carbocycles. The summed E-state index contributed by atoms with van der Waals surface area (Å²) >= 11 is 7.15. The number of benzene rings is 2. The predicted octanol–water partition coefficient (Wildman–Crippen LogP) is 10.8. The third-order valence-electron chi connectivity index (χ3n) is 18.0. The van der Waals surface area contributed by atoms with Crippen LogP contribution in [-0.4, -0.2) is 198 Å². The Morgan fingerprint density at radius 2 is 1.04 bits per heavy atom. The minimum Gasteiger partial charge on any atom is -0.367 e. The topological polar surface area (TPSA) is 230 Å². The number of fused-ring (bicyclic) bond motifs is 4. The van der Waals surface area contributed by atoms with E-state index in [9.17, 15) is 53.7 Å². The number of rotatable bonds is 20. The van der Waals surface area contributed by atoms with Gasteiger partial charge in [0, 0.05) is 183 Å². The number of nitriles is 2. The minimum atomic E-state index is -4.27. The number of nitrogens with zero attached hydrogens (tertiary/aromatic N) is 13. The van der Waals surface area contributed by atoms with Crippen LogP contribution in [-0.2, 0) is 58.1 Å². The summed E-state index contributed by atoms with van der Waals surface area (Å²) in [4.78, 5) is 28.2. The second-order valence-electron chi connectivity index (χ2n) is 24.4. The number of nitrogens with one attached hydrogen (secondary N) is 3. The molecule has 0 aliphatic carbocycles. The second kappa shape index (κ2) is 31.7. The van der Waals surface area contributed by atoms with Crippen LogP contribution in [0.1, 0.15) is 69.1 Å². The van der Waals surface area contributed by atoms with Gasteiger partial charge in [0.1, 0.15) is 57.5 Å². The third kappa shape index (κ3) is 18.9. The zero-order valence-electron chi connectivity index (χ0n) is 53.2. The van der Waals surface area contributed by atoms with E-state index < -0.39 is 44.3 Å². The number of aromatic nitrogens is 6. The maximum absolute atomic E-state index is 12.9. The summed E-state index contributed by atoms with van der Waals surface area (Å²) in [7, 11) is -2.02. The van der Waals surface area contributed by atoms with Crippen molar-refractivity contribution in [2.75, 3.05) is 114 Å². The minimum absolute atomic E-state index is 0.0613. The van der Waals surface area contributed by atoms with Crippen molar-refractivity contribution in [1.29, 1.82) is 10.5 Å². The molecule has 20 nitrogen and oxygen atoms in total. The van der Waals surface area contributed by atoms with Crippen molar-refractivity contribution in [3.8, 4) is 12.1 Å². The molecule has 3 N–H and O–H groups in total. The molecule has 4 aliphatic heterocycles. The predicted molar refractivity (Wildman–Crippen MR) is 368 cm³/mol. The molecule has 4 saturated heterocycles. The first-order valence-corrected chi connectivity index (χ1v) is 37.8. The zero-order chi connectivity index (χ0) is 68.5. The molecule has 8 aromatic rings. The number of piperidine rings is 2. The number of halogens is 8. The van der Waals surface area contributed by atoms with Crippen molar-refractivity contribution in [3.63, 3.8) is 0 Å². The van der Waals surface area contributed by atoms with Gasteiger partial charge < -0.3 is 25.1 Å². The summed E-state index contributed by atoms with van der Waals surface area (Å²) < 4.78 is 127. The van der Waals surface area contributed by atoms with Gasteiger partial charge in [0.2, 0.25) is 19.1 Å². The highest BCUT2D eigenvalue weighted by atomic mass is 35.7. The van der Waals surface area contributed by atoms with E-state index in [0.717, 1.165) is 160 Å². The molecule has 0 spiro atoms. The van der Waals surface area contributed by atoms with E-state index in [4.69, 9.17) is 22.3 Å². The number of alkyl halides is 7. The molecule has 0 saturated carbocycles. The zero-order valence-corrected chi connectivity index (χ0v) is 58.0. The largest absolute Gasteiger partial charge is 0.393 e. The lowest BCUT2D eigenvalue weighted by Gasteiger charge is -2.33. The Kier molecular flexibility index (Phi) is 24.0. The standard InChI is InChI=1S/C32H37F3N8O2S2.C30H35F3N8S.C2H4Cl2O2S/c1-3-47(44,45)42-13-10-40(11-14-42)12-15-43-25(19-36)16-27-22(2)23(4-5-29(27)43)20-41-8-6-24(7-9-41)39-30-28-17-26(18-32(33,34)35)46-31(28)38-21-37-30;1-20-21(2-3-27-25(20)14-23(17-34)41(27)13-12-39-10-6-35-7-11-39)18-40-8-4-22(5-9-40)38-28-26-15-24(16-30(31,32)33)42-29(26)37-19-36-28;3-1-2-7(4,5)6/h3-5,16-17,21,24H,1,6-15,18,20H2,2H3,(H,37,38,39);2-3,14-15,19,22,35H,4-13,16,18H2,1H3,(H,36,37,38);1-2H2. The summed E-state index contributed by atoms with van der Waals surface area (Å²) in [6, 6.07) is 20.8. The van der Waals surface area contributed by atoms with E-state index >= 15 is 0 Å². The average molecular weight is 1450 g/mol.